The topological polar surface area (TPSA) is 113 Å². The van der Waals surface area contributed by atoms with Crippen LogP contribution in [0.3, 0.4) is 0 Å². The zero-order valence-corrected chi connectivity index (χ0v) is 14.0. The van der Waals surface area contributed by atoms with Crippen LogP contribution in [0, 0.1) is 5.92 Å². The van der Waals surface area contributed by atoms with Crippen LogP contribution in [0.1, 0.15) is 25.8 Å². The molecule has 128 valence electrons. The Hall–Kier alpha value is -1.63. The summed E-state index contributed by atoms with van der Waals surface area (Å²) in [6.45, 7) is 3.70. The number of nitrogens with one attached hydrogen (secondary N) is 1. The van der Waals surface area contributed by atoms with Crippen molar-refractivity contribution in [1.82, 2.24) is 5.32 Å². The number of carboxylic acid groups (broad SMARTS) is 1. The van der Waals surface area contributed by atoms with E-state index in [2.05, 4.69) is 5.32 Å². The monoisotopic (exact) mass is 342 g/mol. The lowest BCUT2D eigenvalue weighted by Crippen LogP contribution is -2.52. The van der Waals surface area contributed by atoms with Crippen molar-refractivity contribution in [3.05, 3.63) is 34.9 Å². The van der Waals surface area contributed by atoms with E-state index in [9.17, 15) is 14.7 Å². The molecule has 3 atom stereocenters. The van der Waals surface area contributed by atoms with E-state index in [1.54, 1.807) is 24.3 Å². The molecule has 6 nitrogen and oxygen atoms in total. The van der Waals surface area contributed by atoms with E-state index in [-0.39, 0.29) is 18.8 Å². The Balaban J connectivity index is 2.63. The van der Waals surface area contributed by atoms with E-state index in [0.717, 1.165) is 5.56 Å². The van der Waals surface area contributed by atoms with Gasteiger partial charge in [-0.25, -0.2) is 4.79 Å². The van der Waals surface area contributed by atoms with Crippen LogP contribution in [0.15, 0.2) is 24.3 Å². The van der Waals surface area contributed by atoms with Crippen molar-refractivity contribution in [3.63, 3.8) is 0 Å². The lowest BCUT2D eigenvalue weighted by molar-refractivity contribution is -0.144. The third kappa shape index (κ3) is 6.56. The SMILES string of the molecule is CC(C)C[C@H](NC(=O)[C@@H](O)[C@@H](N)Cc1ccc(Cl)cc1)C(=O)O. The largest absolute Gasteiger partial charge is 0.480 e. The van der Waals surface area contributed by atoms with Crippen LogP contribution in [0.25, 0.3) is 0 Å². The summed E-state index contributed by atoms with van der Waals surface area (Å²) in [6, 6.07) is 5.01. The van der Waals surface area contributed by atoms with E-state index >= 15 is 0 Å². The summed E-state index contributed by atoms with van der Waals surface area (Å²) in [5.41, 5.74) is 6.67. The Morgan fingerprint density at radius 2 is 1.83 bits per heavy atom. The van der Waals surface area contributed by atoms with Gasteiger partial charge in [0, 0.05) is 11.1 Å². The molecule has 5 N–H and O–H groups in total. The highest BCUT2D eigenvalue weighted by Gasteiger charge is 2.28. The molecule has 0 aliphatic carbocycles. The average molecular weight is 343 g/mol. The third-order valence-electron chi connectivity index (χ3n) is 3.38. The van der Waals surface area contributed by atoms with E-state index < -0.39 is 30.1 Å². The molecule has 23 heavy (non-hydrogen) atoms. The molecule has 1 rings (SSSR count). The maximum Gasteiger partial charge on any atom is 0.326 e. The summed E-state index contributed by atoms with van der Waals surface area (Å²) in [5, 5.41) is 22.0. The fourth-order valence-corrected chi connectivity index (χ4v) is 2.27. The first-order valence-electron chi connectivity index (χ1n) is 7.42. The summed E-state index contributed by atoms with van der Waals surface area (Å²) in [6.07, 6.45) is -0.937. The van der Waals surface area contributed by atoms with Crippen molar-refractivity contribution in [3.8, 4) is 0 Å². The molecule has 0 spiro atoms. The van der Waals surface area contributed by atoms with Crippen LogP contribution in [0.2, 0.25) is 5.02 Å². The normalized spacial score (nSPS) is 15.0. The van der Waals surface area contributed by atoms with Crippen molar-refractivity contribution in [2.75, 3.05) is 0 Å². The number of carbonyl (C=O) groups excluding carboxylic acids is 1. The van der Waals surface area contributed by atoms with Gasteiger partial charge < -0.3 is 21.3 Å². The van der Waals surface area contributed by atoms with Crippen molar-refractivity contribution in [2.24, 2.45) is 11.7 Å². The molecule has 0 saturated heterocycles. The van der Waals surface area contributed by atoms with E-state index in [1.807, 2.05) is 13.8 Å². The van der Waals surface area contributed by atoms with E-state index in [1.165, 1.54) is 0 Å². The number of halogens is 1. The highest BCUT2D eigenvalue weighted by molar-refractivity contribution is 6.30. The lowest BCUT2D eigenvalue weighted by Gasteiger charge is -2.22. The van der Waals surface area contributed by atoms with Crippen LogP contribution in [0.5, 0.6) is 0 Å². The summed E-state index contributed by atoms with van der Waals surface area (Å²) >= 11 is 5.79. The Morgan fingerprint density at radius 3 is 2.30 bits per heavy atom. The number of amides is 1. The van der Waals surface area contributed by atoms with E-state index in [4.69, 9.17) is 22.4 Å². The number of aliphatic hydroxyl groups is 1. The standard InChI is InChI=1S/C16H23ClN2O4/c1-9(2)7-13(16(22)23)19-15(21)14(20)12(18)8-10-3-5-11(17)6-4-10/h3-6,9,12-14,20H,7-8,18H2,1-2H3,(H,19,21)(H,22,23)/t12-,13-,14-/m0/s1. The average Bonchev–Trinajstić information content (AvgIpc) is 2.47. The molecular weight excluding hydrogens is 320 g/mol. The third-order valence-corrected chi connectivity index (χ3v) is 3.63. The molecule has 0 heterocycles. The van der Waals surface area contributed by atoms with Gasteiger partial charge in [-0.15, -0.1) is 0 Å². The molecule has 0 fully saturated rings. The number of carboxylic acids is 1. The Bertz CT molecular complexity index is 533. The van der Waals surface area contributed by atoms with Gasteiger partial charge in [-0.3, -0.25) is 4.79 Å². The molecule has 0 unspecified atom stereocenters. The number of benzene rings is 1. The molecule has 7 heteroatoms. The molecule has 0 radical (unpaired) electrons. The first-order chi connectivity index (χ1) is 10.7. The fourth-order valence-electron chi connectivity index (χ4n) is 2.15. The van der Waals surface area contributed by atoms with Gasteiger partial charge in [-0.1, -0.05) is 37.6 Å². The maximum absolute atomic E-state index is 12.0. The van der Waals surface area contributed by atoms with Gasteiger partial charge in [0.05, 0.1) is 0 Å². The number of aliphatic carboxylic acids is 1. The van der Waals surface area contributed by atoms with Gasteiger partial charge in [0.25, 0.3) is 5.91 Å². The summed E-state index contributed by atoms with van der Waals surface area (Å²) in [7, 11) is 0. The van der Waals surface area contributed by atoms with Gasteiger partial charge in [0.1, 0.15) is 12.1 Å². The quantitative estimate of drug-likeness (QED) is 0.566. The first kappa shape index (κ1) is 19.4. The predicted molar refractivity (Wildman–Crippen MR) is 88.2 cm³/mol. The maximum atomic E-state index is 12.0. The smallest absolute Gasteiger partial charge is 0.326 e. The number of aliphatic hydroxyl groups excluding tert-OH is 1. The minimum absolute atomic E-state index is 0.0938. The molecule has 0 saturated carbocycles. The second-order valence-corrected chi connectivity index (χ2v) is 6.40. The van der Waals surface area contributed by atoms with Crippen LogP contribution < -0.4 is 11.1 Å². The highest BCUT2D eigenvalue weighted by Crippen LogP contribution is 2.12. The molecule has 0 bridgehead atoms. The second-order valence-electron chi connectivity index (χ2n) is 5.97. The first-order valence-corrected chi connectivity index (χ1v) is 7.79. The Labute approximate surface area is 140 Å². The molecule has 0 aliphatic rings. The molecule has 1 aromatic rings. The summed E-state index contributed by atoms with van der Waals surface area (Å²) < 4.78 is 0. The van der Waals surface area contributed by atoms with Gasteiger partial charge in [0.2, 0.25) is 0 Å². The summed E-state index contributed by atoms with van der Waals surface area (Å²) in [4.78, 5) is 23.1. The molecular formula is C16H23ClN2O4. The van der Waals surface area contributed by atoms with Gasteiger partial charge >= 0.3 is 5.97 Å². The van der Waals surface area contributed by atoms with Crippen molar-refractivity contribution in [1.29, 1.82) is 0 Å². The van der Waals surface area contributed by atoms with Gasteiger partial charge in [0.15, 0.2) is 0 Å². The number of rotatable bonds is 8. The van der Waals surface area contributed by atoms with Crippen LogP contribution in [-0.4, -0.2) is 40.3 Å². The van der Waals surface area contributed by atoms with Crippen molar-refractivity contribution >= 4 is 23.5 Å². The number of hydrogen-bond acceptors (Lipinski definition) is 4. The van der Waals surface area contributed by atoms with Gasteiger partial charge in [-0.05, 0) is 36.5 Å². The van der Waals surface area contributed by atoms with Crippen molar-refractivity contribution in [2.45, 2.75) is 44.9 Å². The minimum atomic E-state index is -1.49. The lowest BCUT2D eigenvalue weighted by atomic mass is 10.00. The Morgan fingerprint density at radius 1 is 1.26 bits per heavy atom. The highest BCUT2D eigenvalue weighted by atomic mass is 35.5. The second kappa shape index (κ2) is 8.86. The predicted octanol–water partition coefficient (Wildman–Crippen LogP) is 1.19. The fraction of sp³-hybridized carbons (Fsp3) is 0.500. The number of nitrogens with two attached hydrogens (primary N) is 1. The van der Waals surface area contributed by atoms with Gasteiger partial charge in [-0.2, -0.15) is 0 Å². The van der Waals surface area contributed by atoms with Crippen LogP contribution >= 0.6 is 11.6 Å². The van der Waals surface area contributed by atoms with E-state index in [0.29, 0.717) is 5.02 Å². The summed E-state index contributed by atoms with van der Waals surface area (Å²) in [5.74, 6) is -1.82. The minimum Gasteiger partial charge on any atom is -0.480 e. The van der Waals surface area contributed by atoms with Crippen LogP contribution in [-0.2, 0) is 16.0 Å². The molecule has 0 aromatic heterocycles. The van der Waals surface area contributed by atoms with Crippen LogP contribution in [0.4, 0.5) is 0 Å². The Kier molecular flexibility index (Phi) is 7.48. The number of hydrogen-bond donors (Lipinski definition) is 4. The van der Waals surface area contributed by atoms with Crippen molar-refractivity contribution < 1.29 is 19.8 Å². The molecule has 1 aromatic carbocycles. The zero-order chi connectivity index (χ0) is 17.6. The zero-order valence-electron chi connectivity index (χ0n) is 13.2. The molecule has 0 aliphatic heterocycles. The number of carbonyl (C=O) groups is 2. The molecule has 1 amide bonds.